The molecule has 1 heteroatoms. The Labute approximate surface area is 118 Å². The quantitative estimate of drug-likeness (QED) is 0.543. The molecule has 0 atom stereocenters. The van der Waals surface area contributed by atoms with Gasteiger partial charge in [-0.1, -0.05) is 43.5 Å². The summed E-state index contributed by atoms with van der Waals surface area (Å²) < 4.78 is 0. The Bertz CT molecular complexity index is 442. The molecule has 0 heterocycles. The summed E-state index contributed by atoms with van der Waals surface area (Å²) in [6.45, 7) is 15.9. The Morgan fingerprint density at radius 3 is 2.00 bits per heavy atom. The molecule has 1 nitrogen and oxygen atoms in total. The molecule has 0 aromatic carbocycles. The molecule has 0 bridgehead atoms. The maximum Gasteiger partial charge on any atom is 0.0480 e. The lowest BCUT2D eigenvalue weighted by Gasteiger charge is -2.24. The summed E-state index contributed by atoms with van der Waals surface area (Å²) in [6.07, 6.45) is 17.8. The molecule has 0 aromatic rings. The van der Waals surface area contributed by atoms with Gasteiger partial charge in [0.05, 0.1) is 0 Å². The van der Waals surface area contributed by atoms with Crippen LogP contribution in [0.3, 0.4) is 0 Å². The molecule has 0 spiro atoms. The van der Waals surface area contributed by atoms with E-state index in [2.05, 4.69) is 32.2 Å². The van der Waals surface area contributed by atoms with Crippen LogP contribution in [0.4, 0.5) is 0 Å². The first-order chi connectivity index (χ1) is 9.15. The number of allylic oxidation sites excluding steroid dienone is 9. The Hall–Kier alpha value is -2.02. The fourth-order valence-electron chi connectivity index (χ4n) is 1.68. The Kier molecular flexibility index (Phi) is 8.90. The maximum atomic E-state index is 3.90. The first-order valence-electron chi connectivity index (χ1n) is 6.49. The molecule has 0 saturated heterocycles. The van der Waals surface area contributed by atoms with Crippen molar-refractivity contribution in [2.24, 2.45) is 0 Å². The third kappa shape index (κ3) is 5.43. The smallest absolute Gasteiger partial charge is 0.0480 e. The van der Waals surface area contributed by atoms with Gasteiger partial charge in [-0.25, -0.2) is 0 Å². The van der Waals surface area contributed by atoms with E-state index < -0.39 is 0 Å². The number of nitrogens with zero attached hydrogens (tertiary/aromatic N) is 1. The van der Waals surface area contributed by atoms with Gasteiger partial charge in [-0.05, 0) is 51.5 Å². The molecule has 0 radical (unpaired) electrons. The third-order valence-corrected chi connectivity index (χ3v) is 2.53. The minimum atomic E-state index is 0.991. The molecule has 19 heavy (non-hydrogen) atoms. The van der Waals surface area contributed by atoms with Gasteiger partial charge in [0.2, 0.25) is 0 Å². The minimum absolute atomic E-state index is 0.991. The summed E-state index contributed by atoms with van der Waals surface area (Å²) >= 11 is 0. The van der Waals surface area contributed by atoms with Crippen LogP contribution in [0.25, 0.3) is 0 Å². The fourth-order valence-corrected chi connectivity index (χ4v) is 1.68. The molecular formula is C18H25N. The van der Waals surface area contributed by atoms with Gasteiger partial charge in [-0.15, -0.1) is 0 Å². The van der Waals surface area contributed by atoms with E-state index in [1.165, 1.54) is 5.57 Å². The van der Waals surface area contributed by atoms with Crippen LogP contribution < -0.4 is 0 Å². The van der Waals surface area contributed by atoms with Crippen LogP contribution in [0.5, 0.6) is 0 Å². The highest BCUT2D eigenvalue weighted by atomic mass is 15.1. The molecule has 0 amide bonds. The van der Waals surface area contributed by atoms with Crippen LogP contribution in [0.2, 0.25) is 0 Å². The zero-order valence-corrected chi connectivity index (χ0v) is 12.6. The molecule has 102 valence electrons. The third-order valence-electron chi connectivity index (χ3n) is 2.53. The molecular weight excluding hydrogens is 230 g/mol. The van der Waals surface area contributed by atoms with Crippen molar-refractivity contribution >= 4 is 0 Å². The summed E-state index contributed by atoms with van der Waals surface area (Å²) in [7, 11) is 0. The second kappa shape index (κ2) is 9.95. The van der Waals surface area contributed by atoms with E-state index in [0.717, 1.165) is 11.4 Å². The second-order valence-electron chi connectivity index (χ2n) is 3.94. The van der Waals surface area contributed by atoms with Crippen molar-refractivity contribution in [2.45, 2.75) is 27.7 Å². The molecule has 0 saturated carbocycles. The van der Waals surface area contributed by atoms with Crippen molar-refractivity contribution in [2.75, 3.05) is 0 Å². The van der Waals surface area contributed by atoms with Crippen molar-refractivity contribution in [3.8, 4) is 0 Å². The van der Waals surface area contributed by atoms with Gasteiger partial charge in [0.1, 0.15) is 0 Å². The summed E-state index contributed by atoms with van der Waals surface area (Å²) in [5, 5.41) is 0. The van der Waals surface area contributed by atoms with Crippen LogP contribution in [0.15, 0.2) is 84.9 Å². The van der Waals surface area contributed by atoms with Crippen LogP contribution in [0, 0.1) is 0 Å². The molecule has 0 unspecified atom stereocenters. The zero-order valence-electron chi connectivity index (χ0n) is 12.6. The van der Waals surface area contributed by atoms with E-state index in [1.807, 2.05) is 62.1 Å². The van der Waals surface area contributed by atoms with Gasteiger partial charge in [0, 0.05) is 17.6 Å². The highest BCUT2D eigenvalue weighted by Gasteiger charge is 2.08. The first-order valence-corrected chi connectivity index (χ1v) is 6.49. The van der Waals surface area contributed by atoms with Gasteiger partial charge < -0.3 is 4.90 Å². The van der Waals surface area contributed by atoms with Gasteiger partial charge in [-0.3, -0.25) is 0 Å². The van der Waals surface area contributed by atoms with Crippen molar-refractivity contribution in [1.82, 2.24) is 4.90 Å². The normalized spacial score (nSPS) is 14.2. The molecule has 0 rings (SSSR count). The summed E-state index contributed by atoms with van der Waals surface area (Å²) in [5.41, 5.74) is 3.25. The highest BCUT2D eigenvalue weighted by Crippen LogP contribution is 2.20. The predicted octanol–water partition coefficient (Wildman–Crippen LogP) is 5.50. The summed E-state index contributed by atoms with van der Waals surface area (Å²) in [6, 6.07) is 0. The fraction of sp³-hybridized carbons (Fsp3) is 0.222. The van der Waals surface area contributed by atoms with E-state index in [9.17, 15) is 0 Å². The van der Waals surface area contributed by atoms with Gasteiger partial charge in [-0.2, -0.15) is 0 Å². The lowest BCUT2D eigenvalue weighted by Crippen LogP contribution is -2.14. The number of hydrogen-bond donors (Lipinski definition) is 0. The standard InChI is InChI=1S/C18H25N/c1-7-12-15-17(10-4)19(11-5)18(14-9-3)16(6)13-8-2/h7-15H,4-5H2,1-3,6H3/b12-7-,13-8-,14-9-,17-15+,18-16+. The summed E-state index contributed by atoms with van der Waals surface area (Å²) in [5.74, 6) is 0. The van der Waals surface area contributed by atoms with E-state index >= 15 is 0 Å². The molecule has 0 aliphatic rings. The molecule has 0 aromatic heterocycles. The van der Waals surface area contributed by atoms with Crippen molar-refractivity contribution < 1.29 is 0 Å². The molecule has 0 N–H and O–H groups in total. The van der Waals surface area contributed by atoms with Crippen LogP contribution in [-0.4, -0.2) is 4.90 Å². The topological polar surface area (TPSA) is 3.24 Å². The monoisotopic (exact) mass is 255 g/mol. The van der Waals surface area contributed by atoms with E-state index in [4.69, 9.17) is 0 Å². The van der Waals surface area contributed by atoms with Crippen molar-refractivity contribution in [1.29, 1.82) is 0 Å². The highest BCUT2D eigenvalue weighted by molar-refractivity contribution is 5.38. The van der Waals surface area contributed by atoms with Gasteiger partial charge in [0.15, 0.2) is 0 Å². The van der Waals surface area contributed by atoms with Crippen molar-refractivity contribution in [3.63, 3.8) is 0 Å². The Morgan fingerprint density at radius 2 is 1.58 bits per heavy atom. The SMILES string of the molecule is C=C/C(=C\C=C/C)N(C=C)C(/C=C\C)=C(C)/C=C\C. The number of rotatable bonds is 7. The molecule has 0 aliphatic heterocycles. The lowest BCUT2D eigenvalue weighted by atomic mass is 10.1. The Balaban J connectivity index is 5.80. The van der Waals surface area contributed by atoms with Crippen LogP contribution in [-0.2, 0) is 0 Å². The second-order valence-corrected chi connectivity index (χ2v) is 3.94. The predicted molar refractivity (Wildman–Crippen MR) is 87.5 cm³/mol. The lowest BCUT2D eigenvalue weighted by molar-refractivity contribution is 0.609. The van der Waals surface area contributed by atoms with E-state index in [-0.39, 0.29) is 0 Å². The van der Waals surface area contributed by atoms with Crippen LogP contribution in [0.1, 0.15) is 27.7 Å². The van der Waals surface area contributed by atoms with Crippen molar-refractivity contribution in [3.05, 3.63) is 84.9 Å². The Morgan fingerprint density at radius 1 is 0.947 bits per heavy atom. The first kappa shape index (κ1) is 17.0. The minimum Gasteiger partial charge on any atom is -0.318 e. The average Bonchev–Trinajstić information content (AvgIpc) is 2.42. The summed E-state index contributed by atoms with van der Waals surface area (Å²) in [4.78, 5) is 2.03. The van der Waals surface area contributed by atoms with E-state index in [1.54, 1.807) is 6.20 Å². The van der Waals surface area contributed by atoms with Gasteiger partial charge in [0.25, 0.3) is 0 Å². The zero-order chi connectivity index (χ0) is 14.7. The average molecular weight is 255 g/mol. The van der Waals surface area contributed by atoms with Crippen LogP contribution >= 0.6 is 0 Å². The maximum absolute atomic E-state index is 3.90. The molecule has 0 fully saturated rings. The van der Waals surface area contributed by atoms with E-state index in [0.29, 0.717) is 0 Å². The number of hydrogen-bond acceptors (Lipinski definition) is 1. The molecule has 0 aliphatic carbocycles. The van der Waals surface area contributed by atoms with Gasteiger partial charge >= 0.3 is 0 Å². The largest absolute Gasteiger partial charge is 0.318 e.